The summed E-state index contributed by atoms with van der Waals surface area (Å²) in [6, 6.07) is 0. The molecule has 0 amide bonds. The molecule has 0 radical (unpaired) electrons. The van der Waals surface area contributed by atoms with Crippen molar-refractivity contribution in [1.29, 1.82) is 0 Å². The minimum atomic E-state index is 0.0759. The lowest BCUT2D eigenvalue weighted by Crippen LogP contribution is -2.52. The predicted molar refractivity (Wildman–Crippen MR) is 61.2 cm³/mol. The van der Waals surface area contributed by atoms with Crippen molar-refractivity contribution in [3.8, 4) is 0 Å². The fourth-order valence-corrected chi connectivity index (χ4v) is 3.02. The van der Waals surface area contributed by atoms with Crippen LogP contribution in [0.2, 0.25) is 0 Å². The van der Waals surface area contributed by atoms with E-state index >= 15 is 0 Å². The molecular formula is C12H19N3O. The fourth-order valence-electron chi connectivity index (χ4n) is 3.02. The Morgan fingerprint density at radius 3 is 3.44 bits per heavy atom. The molecule has 2 N–H and O–H groups in total. The maximum Gasteiger partial charge on any atom is 0.0926 e. The van der Waals surface area contributed by atoms with Crippen LogP contribution in [-0.4, -0.2) is 29.2 Å². The van der Waals surface area contributed by atoms with Gasteiger partial charge >= 0.3 is 0 Å². The van der Waals surface area contributed by atoms with Gasteiger partial charge in [-0.25, -0.2) is 4.98 Å². The number of ether oxygens (including phenoxy) is 1. The van der Waals surface area contributed by atoms with Crippen molar-refractivity contribution in [2.45, 2.75) is 44.2 Å². The van der Waals surface area contributed by atoms with Crippen molar-refractivity contribution < 1.29 is 4.74 Å². The zero-order valence-corrected chi connectivity index (χ0v) is 9.75. The van der Waals surface area contributed by atoms with Gasteiger partial charge in [0, 0.05) is 25.3 Å². The maximum atomic E-state index is 5.77. The average Bonchev–Trinajstić information content (AvgIpc) is 2.79. The molecule has 2 aliphatic heterocycles. The van der Waals surface area contributed by atoms with Gasteiger partial charge < -0.3 is 15.0 Å². The first-order valence-corrected chi connectivity index (χ1v) is 6.23. The van der Waals surface area contributed by atoms with Gasteiger partial charge in [0.2, 0.25) is 0 Å². The minimum absolute atomic E-state index is 0.0759. The molecule has 4 nitrogen and oxygen atoms in total. The van der Waals surface area contributed by atoms with E-state index in [2.05, 4.69) is 22.2 Å². The Kier molecular flexibility index (Phi) is 2.48. The first kappa shape index (κ1) is 10.3. The Morgan fingerprint density at radius 2 is 2.56 bits per heavy atom. The number of imidazole rings is 1. The topological polar surface area (TPSA) is 49.9 Å². The lowest BCUT2D eigenvalue weighted by molar-refractivity contribution is -0.0352. The molecule has 0 aliphatic carbocycles. The van der Waals surface area contributed by atoms with Gasteiger partial charge in [0.25, 0.3) is 0 Å². The lowest BCUT2D eigenvalue weighted by Gasteiger charge is -2.43. The van der Waals surface area contributed by atoms with Crippen LogP contribution in [0.5, 0.6) is 0 Å². The summed E-state index contributed by atoms with van der Waals surface area (Å²) < 4.78 is 5.77. The van der Waals surface area contributed by atoms with E-state index in [4.69, 9.17) is 4.74 Å². The van der Waals surface area contributed by atoms with Crippen LogP contribution in [-0.2, 0) is 16.7 Å². The summed E-state index contributed by atoms with van der Waals surface area (Å²) in [5.74, 6) is 0. The summed E-state index contributed by atoms with van der Waals surface area (Å²) in [4.78, 5) is 7.80. The van der Waals surface area contributed by atoms with Crippen LogP contribution in [0.4, 0.5) is 0 Å². The molecule has 1 aromatic heterocycles. The van der Waals surface area contributed by atoms with E-state index in [9.17, 15) is 0 Å². The molecule has 0 aromatic carbocycles. The summed E-state index contributed by atoms with van der Waals surface area (Å²) in [6.07, 6.45) is 6.46. The molecule has 4 heteroatoms. The number of H-pyrrole nitrogens is 1. The van der Waals surface area contributed by atoms with Crippen LogP contribution in [0.1, 0.15) is 37.6 Å². The molecule has 1 saturated heterocycles. The normalized spacial score (nSPS) is 33.9. The highest BCUT2D eigenvalue weighted by atomic mass is 16.5. The number of rotatable bonds is 1. The number of nitrogens with zero attached hydrogens (tertiary/aromatic N) is 1. The third kappa shape index (κ3) is 1.48. The smallest absolute Gasteiger partial charge is 0.0926 e. The fraction of sp³-hybridized carbons (Fsp3) is 0.750. The Bertz CT molecular complexity index is 376. The van der Waals surface area contributed by atoms with Gasteiger partial charge in [0.15, 0.2) is 0 Å². The summed E-state index contributed by atoms with van der Waals surface area (Å²) >= 11 is 0. The molecule has 1 fully saturated rings. The van der Waals surface area contributed by atoms with Crippen molar-refractivity contribution in [2.75, 3.05) is 13.2 Å². The van der Waals surface area contributed by atoms with Crippen LogP contribution < -0.4 is 5.32 Å². The van der Waals surface area contributed by atoms with Gasteiger partial charge in [0.1, 0.15) is 0 Å². The zero-order chi connectivity index (χ0) is 11.0. The number of fused-ring (bicyclic) bond motifs is 2. The molecule has 3 heterocycles. The van der Waals surface area contributed by atoms with Crippen LogP contribution in [0.25, 0.3) is 0 Å². The quantitative estimate of drug-likeness (QED) is 0.752. The number of aromatic nitrogens is 2. The molecule has 16 heavy (non-hydrogen) atoms. The molecule has 88 valence electrons. The third-order valence-corrected chi connectivity index (χ3v) is 3.92. The highest BCUT2D eigenvalue weighted by Crippen LogP contribution is 2.37. The van der Waals surface area contributed by atoms with E-state index in [1.165, 1.54) is 11.4 Å². The summed E-state index contributed by atoms with van der Waals surface area (Å²) in [5.41, 5.74) is 2.63. The van der Waals surface area contributed by atoms with Crippen LogP contribution in [0.15, 0.2) is 6.33 Å². The van der Waals surface area contributed by atoms with Crippen molar-refractivity contribution in [3.63, 3.8) is 0 Å². The SMILES string of the molecule is CCC1CC2(CCO1)NCCc1[nH]cnc12. The molecule has 2 atom stereocenters. The van der Waals surface area contributed by atoms with E-state index < -0.39 is 0 Å². The van der Waals surface area contributed by atoms with Crippen LogP contribution >= 0.6 is 0 Å². The molecular weight excluding hydrogens is 202 g/mol. The molecule has 0 bridgehead atoms. The van der Waals surface area contributed by atoms with E-state index in [1.54, 1.807) is 0 Å². The highest BCUT2D eigenvalue weighted by molar-refractivity contribution is 5.26. The van der Waals surface area contributed by atoms with E-state index in [1.807, 2.05) is 6.33 Å². The van der Waals surface area contributed by atoms with Gasteiger partial charge in [-0.2, -0.15) is 0 Å². The summed E-state index contributed by atoms with van der Waals surface area (Å²) in [7, 11) is 0. The second-order valence-corrected chi connectivity index (χ2v) is 4.84. The number of hydrogen-bond donors (Lipinski definition) is 2. The summed E-state index contributed by atoms with van der Waals surface area (Å²) in [5, 5.41) is 3.68. The Balaban J connectivity index is 1.94. The monoisotopic (exact) mass is 221 g/mol. The van der Waals surface area contributed by atoms with Gasteiger partial charge in [-0.15, -0.1) is 0 Å². The Labute approximate surface area is 95.8 Å². The van der Waals surface area contributed by atoms with E-state index in [0.29, 0.717) is 6.10 Å². The summed E-state index contributed by atoms with van der Waals surface area (Å²) in [6.45, 7) is 4.08. The third-order valence-electron chi connectivity index (χ3n) is 3.92. The van der Waals surface area contributed by atoms with Crippen LogP contribution in [0, 0.1) is 0 Å². The molecule has 1 spiro atoms. The van der Waals surface area contributed by atoms with Gasteiger partial charge in [-0.3, -0.25) is 0 Å². The largest absolute Gasteiger partial charge is 0.378 e. The first-order chi connectivity index (χ1) is 7.84. The van der Waals surface area contributed by atoms with E-state index in [-0.39, 0.29) is 5.54 Å². The number of nitrogens with one attached hydrogen (secondary N) is 2. The standard InChI is InChI=1S/C12H19N3O/c1-2-9-7-12(4-6-16-9)11-10(3-5-15-12)13-8-14-11/h8-9,15H,2-7H2,1H3,(H,13,14). The van der Waals surface area contributed by atoms with E-state index in [0.717, 1.165) is 38.8 Å². The molecule has 3 rings (SSSR count). The number of hydrogen-bond acceptors (Lipinski definition) is 3. The minimum Gasteiger partial charge on any atom is -0.378 e. The zero-order valence-electron chi connectivity index (χ0n) is 9.75. The first-order valence-electron chi connectivity index (χ1n) is 6.23. The predicted octanol–water partition coefficient (Wildman–Crippen LogP) is 1.34. The Morgan fingerprint density at radius 1 is 1.62 bits per heavy atom. The van der Waals surface area contributed by atoms with Gasteiger partial charge in [0.05, 0.1) is 23.7 Å². The van der Waals surface area contributed by atoms with Crippen molar-refractivity contribution in [2.24, 2.45) is 0 Å². The molecule has 1 aromatic rings. The van der Waals surface area contributed by atoms with Crippen molar-refractivity contribution >= 4 is 0 Å². The van der Waals surface area contributed by atoms with Gasteiger partial charge in [-0.1, -0.05) is 6.92 Å². The molecule has 2 aliphatic rings. The van der Waals surface area contributed by atoms with Crippen molar-refractivity contribution in [3.05, 3.63) is 17.7 Å². The second kappa shape index (κ2) is 3.86. The maximum absolute atomic E-state index is 5.77. The molecule has 2 unspecified atom stereocenters. The molecule has 0 saturated carbocycles. The second-order valence-electron chi connectivity index (χ2n) is 4.84. The Hall–Kier alpha value is -0.870. The average molecular weight is 221 g/mol. The van der Waals surface area contributed by atoms with Crippen molar-refractivity contribution in [1.82, 2.24) is 15.3 Å². The highest BCUT2D eigenvalue weighted by Gasteiger charge is 2.42. The lowest BCUT2D eigenvalue weighted by atomic mass is 9.79. The number of aromatic amines is 1. The van der Waals surface area contributed by atoms with Crippen LogP contribution in [0.3, 0.4) is 0 Å². The van der Waals surface area contributed by atoms with Gasteiger partial charge in [-0.05, 0) is 19.3 Å².